The molecule has 90 valence electrons. The van der Waals surface area contributed by atoms with E-state index in [2.05, 4.69) is 0 Å². The van der Waals surface area contributed by atoms with E-state index in [-0.39, 0.29) is 6.61 Å². The maximum Gasteiger partial charge on any atom is 0.128 e. The Kier molecular flexibility index (Phi) is 5.08. The van der Waals surface area contributed by atoms with Gasteiger partial charge in [0.1, 0.15) is 17.6 Å². The summed E-state index contributed by atoms with van der Waals surface area (Å²) in [5, 5.41) is 9.99. The fraction of sp³-hybridized carbons (Fsp3) is 0.500. The highest BCUT2D eigenvalue weighted by molar-refractivity contribution is 5.46. The summed E-state index contributed by atoms with van der Waals surface area (Å²) < 4.78 is 15.6. The molecule has 4 nitrogen and oxygen atoms in total. The Hall–Kier alpha value is -1.26. The number of hydrogen-bond donors (Lipinski definition) is 1. The summed E-state index contributed by atoms with van der Waals surface area (Å²) in [5.74, 6) is 1.21. The van der Waals surface area contributed by atoms with Crippen LogP contribution >= 0.6 is 0 Å². The number of aliphatic hydroxyl groups excluding tert-OH is 1. The van der Waals surface area contributed by atoms with Gasteiger partial charge in [0.25, 0.3) is 0 Å². The molecule has 0 heterocycles. The van der Waals surface area contributed by atoms with E-state index in [4.69, 9.17) is 14.2 Å². The highest BCUT2D eigenvalue weighted by Crippen LogP contribution is 2.33. The van der Waals surface area contributed by atoms with Crippen molar-refractivity contribution in [3.05, 3.63) is 23.8 Å². The Morgan fingerprint density at radius 3 is 2.19 bits per heavy atom. The summed E-state index contributed by atoms with van der Waals surface area (Å²) in [7, 11) is 3.12. The predicted octanol–water partition coefficient (Wildman–Crippen LogP) is 1.77. The van der Waals surface area contributed by atoms with Crippen molar-refractivity contribution >= 4 is 0 Å². The molecule has 0 saturated carbocycles. The average Bonchev–Trinajstić information content (AvgIpc) is 2.34. The molecule has 0 spiro atoms. The van der Waals surface area contributed by atoms with E-state index in [1.54, 1.807) is 26.4 Å². The number of rotatable bonds is 6. The van der Waals surface area contributed by atoms with Gasteiger partial charge in [-0.2, -0.15) is 0 Å². The number of hydrogen-bond acceptors (Lipinski definition) is 4. The molecule has 4 heteroatoms. The van der Waals surface area contributed by atoms with Gasteiger partial charge in [0.05, 0.1) is 26.4 Å². The van der Waals surface area contributed by atoms with Crippen LogP contribution in [0.15, 0.2) is 18.2 Å². The van der Waals surface area contributed by atoms with Gasteiger partial charge in [-0.3, -0.25) is 0 Å². The lowest BCUT2D eigenvalue weighted by Crippen LogP contribution is -2.10. The first kappa shape index (κ1) is 12.8. The maximum absolute atomic E-state index is 9.99. The van der Waals surface area contributed by atoms with Crippen molar-refractivity contribution in [2.45, 2.75) is 13.0 Å². The molecule has 1 atom stereocenters. The summed E-state index contributed by atoms with van der Waals surface area (Å²) in [6.45, 7) is 2.67. The zero-order valence-electron chi connectivity index (χ0n) is 9.90. The molecule has 0 aromatic heterocycles. The van der Waals surface area contributed by atoms with Crippen LogP contribution in [0.5, 0.6) is 11.5 Å². The Bertz CT molecular complexity index is 303. The van der Waals surface area contributed by atoms with E-state index in [0.717, 1.165) is 0 Å². The van der Waals surface area contributed by atoms with E-state index in [1.807, 2.05) is 13.0 Å². The molecule has 1 aromatic carbocycles. The molecule has 16 heavy (non-hydrogen) atoms. The van der Waals surface area contributed by atoms with Crippen molar-refractivity contribution in [3.8, 4) is 11.5 Å². The zero-order valence-corrected chi connectivity index (χ0v) is 9.90. The van der Waals surface area contributed by atoms with Gasteiger partial charge in [-0.15, -0.1) is 0 Å². The summed E-state index contributed by atoms with van der Waals surface area (Å²) in [6.07, 6.45) is -0.744. The third kappa shape index (κ3) is 2.87. The van der Waals surface area contributed by atoms with Gasteiger partial charge < -0.3 is 19.3 Å². The van der Waals surface area contributed by atoms with Gasteiger partial charge >= 0.3 is 0 Å². The first-order chi connectivity index (χ1) is 7.74. The molecular weight excluding hydrogens is 208 g/mol. The quantitative estimate of drug-likeness (QED) is 0.803. The largest absolute Gasteiger partial charge is 0.496 e. The van der Waals surface area contributed by atoms with E-state index in [9.17, 15) is 5.11 Å². The van der Waals surface area contributed by atoms with Crippen LogP contribution < -0.4 is 9.47 Å². The van der Waals surface area contributed by atoms with Gasteiger partial charge in [0.15, 0.2) is 0 Å². The minimum Gasteiger partial charge on any atom is -0.496 e. The van der Waals surface area contributed by atoms with E-state index in [0.29, 0.717) is 23.7 Å². The third-order valence-corrected chi connectivity index (χ3v) is 2.28. The van der Waals surface area contributed by atoms with Crippen LogP contribution in [-0.2, 0) is 4.74 Å². The molecule has 0 bridgehead atoms. The molecular formula is C12H18O4. The van der Waals surface area contributed by atoms with Crippen molar-refractivity contribution in [2.75, 3.05) is 27.4 Å². The molecule has 0 radical (unpaired) electrons. The lowest BCUT2D eigenvalue weighted by atomic mass is 10.1. The zero-order chi connectivity index (χ0) is 12.0. The van der Waals surface area contributed by atoms with Gasteiger partial charge in [-0.05, 0) is 19.1 Å². The molecule has 1 N–H and O–H groups in total. The topological polar surface area (TPSA) is 47.9 Å². The molecule has 0 fully saturated rings. The lowest BCUT2D eigenvalue weighted by molar-refractivity contribution is 0.0394. The first-order valence-electron chi connectivity index (χ1n) is 5.21. The van der Waals surface area contributed by atoms with Crippen LogP contribution in [-0.4, -0.2) is 32.5 Å². The summed E-state index contributed by atoms with van der Waals surface area (Å²) in [5.41, 5.74) is 0.626. The molecule has 1 rings (SSSR count). The highest BCUT2D eigenvalue weighted by atomic mass is 16.5. The third-order valence-electron chi connectivity index (χ3n) is 2.28. The molecule has 1 unspecified atom stereocenters. The Labute approximate surface area is 95.8 Å². The highest BCUT2D eigenvalue weighted by Gasteiger charge is 2.18. The molecule has 0 saturated heterocycles. The second-order valence-corrected chi connectivity index (χ2v) is 3.25. The fourth-order valence-corrected chi connectivity index (χ4v) is 1.52. The Balaban J connectivity index is 2.97. The van der Waals surface area contributed by atoms with E-state index >= 15 is 0 Å². The molecule has 0 amide bonds. The standard InChI is InChI=1S/C12H18O4/c1-4-16-8-9(13)12-10(14-2)6-5-7-11(12)15-3/h5-7,9,13H,4,8H2,1-3H3. The lowest BCUT2D eigenvalue weighted by Gasteiger charge is -2.17. The average molecular weight is 226 g/mol. The number of aliphatic hydroxyl groups is 1. The monoisotopic (exact) mass is 226 g/mol. The summed E-state index contributed by atoms with van der Waals surface area (Å²) in [4.78, 5) is 0. The van der Waals surface area contributed by atoms with Gasteiger partial charge in [0.2, 0.25) is 0 Å². The van der Waals surface area contributed by atoms with Crippen molar-refractivity contribution in [1.29, 1.82) is 0 Å². The number of benzene rings is 1. The second-order valence-electron chi connectivity index (χ2n) is 3.25. The molecule has 0 aliphatic heterocycles. The molecule has 0 aliphatic carbocycles. The Morgan fingerprint density at radius 2 is 1.75 bits per heavy atom. The van der Waals surface area contributed by atoms with Crippen LogP contribution in [0, 0.1) is 0 Å². The van der Waals surface area contributed by atoms with Crippen molar-refractivity contribution in [3.63, 3.8) is 0 Å². The predicted molar refractivity (Wildman–Crippen MR) is 61.0 cm³/mol. The summed E-state index contributed by atoms with van der Waals surface area (Å²) >= 11 is 0. The fourth-order valence-electron chi connectivity index (χ4n) is 1.52. The maximum atomic E-state index is 9.99. The van der Waals surface area contributed by atoms with Crippen LogP contribution in [0.3, 0.4) is 0 Å². The van der Waals surface area contributed by atoms with Gasteiger partial charge in [-0.25, -0.2) is 0 Å². The second kappa shape index (κ2) is 6.35. The van der Waals surface area contributed by atoms with E-state index < -0.39 is 6.10 Å². The molecule has 1 aromatic rings. The number of methoxy groups -OCH3 is 2. The van der Waals surface area contributed by atoms with Crippen LogP contribution in [0.2, 0.25) is 0 Å². The summed E-state index contributed by atoms with van der Waals surface area (Å²) in [6, 6.07) is 5.38. The van der Waals surface area contributed by atoms with Crippen molar-refractivity contribution in [2.24, 2.45) is 0 Å². The van der Waals surface area contributed by atoms with Crippen LogP contribution in [0.1, 0.15) is 18.6 Å². The normalized spacial score (nSPS) is 12.2. The van der Waals surface area contributed by atoms with Crippen LogP contribution in [0.4, 0.5) is 0 Å². The Morgan fingerprint density at radius 1 is 1.19 bits per heavy atom. The van der Waals surface area contributed by atoms with Gasteiger partial charge in [0, 0.05) is 6.61 Å². The van der Waals surface area contributed by atoms with Crippen LogP contribution in [0.25, 0.3) is 0 Å². The minimum absolute atomic E-state index is 0.229. The molecule has 0 aliphatic rings. The first-order valence-corrected chi connectivity index (χ1v) is 5.21. The van der Waals surface area contributed by atoms with E-state index in [1.165, 1.54) is 0 Å². The number of ether oxygens (including phenoxy) is 3. The minimum atomic E-state index is -0.744. The van der Waals surface area contributed by atoms with Crippen molar-refractivity contribution < 1.29 is 19.3 Å². The SMILES string of the molecule is CCOCC(O)c1c(OC)cccc1OC. The smallest absolute Gasteiger partial charge is 0.128 e. The van der Waals surface area contributed by atoms with Crippen molar-refractivity contribution in [1.82, 2.24) is 0 Å². The van der Waals surface area contributed by atoms with Gasteiger partial charge in [-0.1, -0.05) is 6.07 Å².